The lowest BCUT2D eigenvalue weighted by atomic mass is 10.1. The molecule has 0 bridgehead atoms. The van der Waals surface area contributed by atoms with Crippen molar-refractivity contribution in [3.63, 3.8) is 0 Å². The van der Waals surface area contributed by atoms with Crippen molar-refractivity contribution in [2.75, 3.05) is 42.5 Å². The predicted molar refractivity (Wildman–Crippen MR) is 121 cm³/mol. The highest BCUT2D eigenvalue weighted by molar-refractivity contribution is 9.10. The van der Waals surface area contributed by atoms with Crippen molar-refractivity contribution in [1.29, 1.82) is 0 Å². The SMILES string of the molecule is O=C(C1CC(=O)N(c2ccccc2Br)C1)N1CCN(c2ncnc3sccc23)CC1. The van der Waals surface area contributed by atoms with E-state index in [0.29, 0.717) is 19.6 Å². The average molecular weight is 486 g/mol. The third-order valence-electron chi connectivity index (χ3n) is 5.75. The molecule has 2 saturated heterocycles. The zero-order valence-electron chi connectivity index (χ0n) is 16.2. The molecule has 0 N–H and O–H groups in total. The fourth-order valence-electron chi connectivity index (χ4n) is 4.20. The minimum absolute atomic E-state index is 0.000258. The second-order valence-corrected chi connectivity index (χ2v) is 9.25. The lowest BCUT2D eigenvalue weighted by Gasteiger charge is -2.36. The number of piperazine rings is 1. The number of hydrogen-bond acceptors (Lipinski definition) is 6. The first-order valence-electron chi connectivity index (χ1n) is 9.88. The number of thiophene rings is 1. The number of anilines is 2. The molecule has 1 unspecified atom stereocenters. The van der Waals surface area contributed by atoms with Crippen LogP contribution in [0.25, 0.3) is 10.2 Å². The summed E-state index contributed by atoms with van der Waals surface area (Å²) in [5.41, 5.74) is 0.825. The predicted octanol–water partition coefficient (Wildman–Crippen LogP) is 3.16. The summed E-state index contributed by atoms with van der Waals surface area (Å²) < 4.78 is 0.865. The largest absolute Gasteiger partial charge is 0.352 e. The van der Waals surface area contributed by atoms with Gasteiger partial charge in [0.1, 0.15) is 17.0 Å². The second kappa shape index (κ2) is 7.96. The first-order chi connectivity index (χ1) is 14.6. The molecule has 5 rings (SSSR count). The summed E-state index contributed by atoms with van der Waals surface area (Å²) in [5.74, 6) is 0.712. The molecule has 1 atom stereocenters. The van der Waals surface area contributed by atoms with Gasteiger partial charge in [-0.3, -0.25) is 9.59 Å². The van der Waals surface area contributed by atoms with E-state index in [1.807, 2.05) is 40.6 Å². The van der Waals surface area contributed by atoms with Crippen molar-refractivity contribution in [2.45, 2.75) is 6.42 Å². The van der Waals surface area contributed by atoms with E-state index in [-0.39, 0.29) is 24.2 Å². The Hall–Kier alpha value is -2.52. The summed E-state index contributed by atoms with van der Waals surface area (Å²) in [6.45, 7) is 3.15. The number of amides is 2. The molecule has 154 valence electrons. The lowest BCUT2D eigenvalue weighted by Crippen LogP contribution is -2.51. The molecule has 30 heavy (non-hydrogen) atoms. The maximum absolute atomic E-state index is 13.1. The van der Waals surface area contributed by atoms with E-state index in [1.54, 1.807) is 22.6 Å². The van der Waals surface area contributed by atoms with E-state index in [1.165, 1.54) is 0 Å². The van der Waals surface area contributed by atoms with Gasteiger partial charge >= 0.3 is 0 Å². The third-order valence-corrected chi connectivity index (χ3v) is 7.24. The number of nitrogens with zero attached hydrogens (tertiary/aromatic N) is 5. The Morgan fingerprint density at radius 1 is 1.10 bits per heavy atom. The number of benzene rings is 1. The van der Waals surface area contributed by atoms with Gasteiger partial charge in [-0.25, -0.2) is 9.97 Å². The van der Waals surface area contributed by atoms with Crippen molar-refractivity contribution in [1.82, 2.24) is 14.9 Å². The van der Waals surface area contributed by atoms with Crippen LogP contribution in [-0.4, -0.2) is 59.4 Å². The molecular formula is C21H20BrN5O2S. The highest BCUT2D eigenvalue weighted by Crippen LogP contribution is 2.32. The molecule has 2 aromatic heterocycles. The van der Waals surface area contributed by atoms with Crippen molar-refractivity contribution < 1.29 is 9.59 Å². The van der Waals surface area contributed by atoms with Crippen LogP contribution < -0.4 is 9.80 Å². The highest BCUT2D eigenvalue weighted by Gasteiger charge is 2.38. The number of rotatable bonds is 3. The summed E-state index contributed by atoms with van der Waals surface area (Å²) in [6.07, 6.45) is 1.87. The van der Waals surface area contributed by atoms with Gasteiger partial charge in [0.25, 0.3) is 0 Å². The van der Waals surface area contributed by atoms with E-state index in [9.17, 15) is 9.59 Å². The molecule has 3 aromatic rings. The van der Waals surface area contributed by atoms with Gasteiger partial charge in [0, 0.05) is 43.6 Å². The second-order valence-electron chi connectivity index (χ2n) is 7.51. The first kappa shape index (κ1) is 19.4. The molecule has 0 saturated carbocycles. The monoisotopic (exact) mass is 485 g/mol. The van der Waals surface area contributed by atoms with Gasteiger partial charge in [0.15, 0.2) is 0 Å². The van der Waals surface area contributed by atoms with E-state index in [4.69, 9.17) is 0 Å². The molecule has 7 nitrogen and oxygen atoms in total. The van der Waals surface area contributed by atoms with E-state index < -0.39 is 0 Å². The molecule has 2 amide bonds. The standard InChI is InChI=1S/C21H20BrN5O2S/c22-16-3-1-2-4-17(16)27-12-14(11-18(27)28)21(29)26-8-6-25(7-9-26)19-15-5-10-30-20(15)24-13-23-19/h1-5,10,13-14H,6-9,11-12H2. The molecule has 0 spiro atoms. The fourth-order valence-corrected chi connectivity index (χ4v) is 5.43. The van der Waals surface area contributed by atoms with Crippen LogP contribution >= 0.6 is 27.3 Å². The highest BCUT2D eigenvalue weighted by atomic mass is 79.9. The summed E-state index contributed by atoms with van der Waals surface area (Å²) >= 11 is 5.11. The Labute approximate surface area is 186 Å². The smallest absolute Gasteiger partial charge is 0.228 e. The maximum Gasteiger partial charge on any atom is 0.228 e. The summed E-state index contributed by atoms with van der Waals surface area (Å²) in [6, 6.07) is 9.68. The summed E-state index contributed by atoms with van der Waals surface area (Å²) in [5, 5.41) is 3.09. The number of carbonyl (C=O) groups excluding carboxylic acids is 2. The molecule has 1 aromatic carbocycles. The van der Waals surface area contributed by atoms with Gasteiger partial charge in [-0.15, -0.1) is 11.3 Å². The molecule has 0 radical (unpaired) electrons. The zero-order valence-corrected chi connectivity index (χ0v) is 18.6. The Kier molecular flexibility index (Phi) is 5.16. The number of carbonyl (C=O) groups is 2. The Morgan fingerprint density at radius 3 is 2.70 bits per heavy atom. The molecule has 2 aliphatic heterocycles. The van der Waals surface area contributed by atoms with Gasteiger partial charge in [-0.05, 0) is 39.5 Å². The van der Waals surface area contributed by atoms with Gasteiger partial charge in [0.2, 0.25) is 11.8 Å². The molecule has 2 aliphatic rings. The Balaban J connectivity index is 1.25. The van der Waals surface area contributed by atoms with Gasteiger partial charge in [-0.2, -0.15) is 0 Å². The molecule has 0 aliphatic carbocycles. The topological polar surface area (TPSA) is 69.6 Å². The zero-order chi connectivity index (χ0) is 20.7. The fraction of sp³-hybridized carbons (Fsp3) is 0.333. The quantitative estimate of drug-likeness (QED) is 0.569. The van der Waals surface area contributed by atoms with Crippen LogP contribution in [0.15, 0.2) is 46.5 Å². The Morgan fingerprint density at radius 2 is 1.90 bits per heavy atom. The summed E-state index contributed by atoms with van der Waals surface area (Å²) in [4.78, 5) is 41.3. The molecule has 4 heterocycles. The normalized spacial score (nSPS) is 19.7. The Bertz CT molecular complexity index is 1110. The van der Waals surface area contributed by atoms with E-state index in [2.05, 4.69) is 30.8 Å². The van der Waals surface area contributed by atoms with E-state index >= 15 is 0 Å². The van der Waals surface area contributed by atoms with Gasteiger partial charge in [0.05, 0.1) is 17.0 Å². The van der Waals surface area contributed by atoms with Crippen LogP contribution in [0.2, 0.25) is 0 Å². The minimum atomic E-state index is -0.293. The number of aromatic nitrogens is 2. The molecule has 9 heteroatoms. The molecule has 2 fully saturated rings. The van der Waals surface area contributed by atoms with Crippen LogP contribution in [0.5, 0.6) is 0 Å². The molecular weight excluding hydrogens is 466 g/mol. The number of para-hydroxylation sites is 1. The first-order valence-corrected chi connectivity index (χ1v) is 11.6. The van der Waals surface area contributed by atoms with Crippen molar-refractivity contribution in [2.24, 2.45) is 5.92 Å². The van der Waals surface area contributed by atoms with Crippen LogP contribution in [0.1, 0.15) is 6.42 Å². The number of fused-ring (bicyclic) bond motifs is 1. The van der Waals surface area contributed by atoms with Crippen molar-refractivity contribution in [3.8, 4) is 0 Å². The van der Waals surface area contributed by atoms with Crippen molar-refractivity contribution in [3.05, 3.63) is 46.5 Å². The van der Waals surface area contributed by atoms with Gasteiger partial charge < -0.3 is 14.7 Å². The number of halogens is 1. The van der Waals surface area contributed by atoms with Crippen molar-refractivity contribution >= 4 is 60.8 Å². The van der Waals surface area contributed by atoms with Gasteiger partial charge in [-0.1, -0.05) is 12.1 Å². The van der Waals surface area contributed by atoms with Crippen LogP contribution in [0, 0.1) is 5.92 Å². The average Bonchev–Trinajstić information content (AvgIpc) is 3.40. The minimum Gasteiger partial charge on any atom is -0.352 e. The van der Waals surface area contributed by atoms with Crippen LogP contribution in [0.3, 0.4) is 0 Å². The van der Waals surface area contributed by atoms with Crippen LogP contribution in [-0.2, 0) is 9.59 Å². The van der Waals surface area contributed by atoms with Crippen LogP contribution in [0.4, 0.5) is 11.5 Å². The number of hydrogen-bond donors (Lipinski definition) is 0. The summed E-state index contributed by atoms with van der Waals surface area (Å²) in [7, 11) is 0. The van der Waals surface area contributed by atoms with E-state index in [0.717, 1.165) is 39.3 Å². The third kappa shape index (κ3) is 3.45. The lowest BCUT2D eigenvalue weighted by molar-refractivity contribution is -0.136. The maximum atomic E-state index is 13.1.